The van der Waals surface area contributed by atoms with Gasteiger partial charge in [-0.25, -0.2) is 9.97 Å². The summed E-state index contributed by atoms with van der Waals surface area (Å²) >= 11 is 6.41. The number of carbonyl (C=O) groups excluding carboxylic acids is 1. The predicted octanol–water partition coefficient (Wildman–Crippen LogP) is 3.54. The Bertz CT molecular complexity index is 1150. The molecule has 0 radical (unpaired) electrons. The van der Waals surface area contributed by atoms with Crippen LogP contribution in [0.1, 0.15) is 31.2 Å². The normalized spacial score (nSPS) is 14.8. The van der Waals surface area contributed by atoms with Gasteiger partial charge >= 0.3 is 6.01 Å². The van der Waals surface area contributed by atoms with E-state index in [2.05, 4.69) is 25.3 Å². The summed E-state index contributed by atoms with van der Waals surface area (Å²) in [5.41, 5.74) is 1.14. The van der Waals surface area contributed by atoms with Crippen LogP contribution in [0.2, 0.25) is 5.02 Å². The molecule has 0 aliphatic heterocycles. The zero-order valence-corrected chi connectivity index (χ0v) is 19.1. The van der Waals surface area contributed by atoms with E-state index >= 15 is 0 Å². The zero-order chi connectivity index (χ0) is 23.4. The van der Waals surface area contributed by atoms with Gasteiger partial charge in [0.05, 0.1) is 12.1 Å². The lowest BCUT2D eigenvalue weighted by molar-refractivity contribution is -0.142. The fraction of sp³-hybridized carbons (Fsp3) is 0.348. The third kappa shape index (κ3) is 4.89. The SMILES string of the molecule is COc1ccc(-c2nc(O)nc(-c3cc(CNC(=O)C4(OC)CCCC4)ccc3Cl)n2)cn1. The number of pyridine rings is 1. The van der Waals surface area contributed by atoms with E-state index in [1.807, 2.05) is 6.07 Å². The minimum Gasteiger partial charge on any atom is -0.481 e. The van der Waals surface area contributed by atoms with Crippen LogP contribution in [0.3, 0.4) is 0 Å². The van der Waals surface area contributed by atoms with E-state index in [9.17, 15) is 9.90 Å². The van der Waals surface area contributed by atoms with Crippen molar-refractivity contribution in [1.82, 2.24) is 25.3 Å². The fourth-order valence-corrected chi connectivity index (χ4v) is 4.12. The first-order chi connectivity index (χ1) is 15.9. The maximum absolute atomic E-state index is 12.7. The second-order valence-corrected chi connectivity index (χ2v) is 8.18. The van der Waals surface area contributed by atoms with E-state index in [0.717, 1.165) is 18.4 Å². The van der Waals surface area contributed by atoms with Crippen LogP contribution in [0.4, 0.5) is 0 Å². The van der Waals surface area contributed by atoms with Gasteiger partial charge in [0, 0.05) is 37.0 Å². The molecule has 10 heteroatoms. The zero-order valence-electron chi connectivity index (χ0n) is 18.3. The second kappa shape index (κ2) is 9.68. The lowest BCUT2D eigenvalue weighted by Crippen LogP contribution is -2.45. The summed E-state index contributed by atoms with van der Waals surface area (Å²) in [6, 6.07) is 8.26. The van der Waals surface area contributed by atoms with E-state index in [-0.39, 0.29) is 17.6 Å². The number of nitrogens with zero attached hydrogens (tertiary/aromatic N) is 4. The van der Waals surface area contributed by atoms with Gasteiger partial charge in [0.15, 0.2) is 11.6 Å². The number of halogens is 1. The van der Waals surface area contributed by atoms with Crippen LogP contribution in [-0.4, -0.2) is 50.8 Å². The highest BCUT2D eigenvalue weighted by Gasteiger charge is 2.41. The lowest BCUT2D eigenvalue weighted by atomic mass is 10.0. The largest absolute Gasteiger partial charge is 0.481 e. The number of ether oxygens (including phenoxy) is 2. The molecule has 3 aromatic rings. The Labute approximate surface area is 196 Å². The van der Waals surface area contributed by atoms with Crippen molar-refractivity contribution < 1.29 is 19.4 Å². The van der Waals surface area contributed by atoms with E-state index < -0.39 is 11.6 Å². The first kappa shape index (κ1) is 22.9. The molecule has 1 amide bonds. The molecule has 2 heterocycles. The van der Waals surface area contributed by atoms with Crippen molar-refractivity contribution in [3.05, 3.63) is 47.1 Å². The van der Waals surface area contributed by atoms with Crippen LogP contribution in [0.25, 0.3) is 22.8 Å². The van der Waals surface area contributed by atoms with Crippen molar-refractivity contribution in [1.29, 1.82) is 0 Å². The van der Waals surface area contributed by atoms with Crippen LogP contribution in [-0.2, 0) is 16.1 Å². The Morgan fingerprint density at radius 1 is 1.12 bits per heavy atom. The Morgan fingerprint density at radius 3 is 2.55 bits per heavy atom. The van der Waals surface area contributed by atoms with Crippen molar-refractivity contribution in [3.63, 3.8) is 0 Å². The van der Waals surface area contributed by atoms with Gasteiger partial charge in [-0.2, -0.15) is 9.97 Å². The molecule has 1 fully saturated rings. The maximum atomic E-state index is 12.7. The molecule has 0 spiro atoms. The standard InChI is InChI=1S/C23H24ClN5O4/c1-32-18-8-6-15(13-25-18)19-27-20(29-22(31)28-19)16-11-14(5-7-17(16)24)12-26-21(30)23(33-2)9-3-4-10-23/h5-8,11,13H,3-4,9-10,12H2,1-2H3,(H,26,30)(H,27,28,29,31). The highest BCUT2D eigenvalue weighted by atomic mass is 35.5. The molecule has 2 aromatic heterocycles. The number of aromatic nitrogens is 4. The van der Waals surface area contributed by atoms with Gasteiger partial charge in [-0.05, 0) is 49.4 Å². The number of methoxy groups -OCH3 is 2. The quantitative estimate of drug-likeness (QED) is 0.539. The average molecular weight is 470 g/mol. The number of hydrogen-bond donors (Lipinski definition) is 2. The Kier molecular flexibility index (Phi) is 6.71. The number of aromatic hydroxyl groups is 1. The summed E-state index contributed by atoms with van der Waals surface area (Å²) in [6.45, 7) is 0.292. The molecule has 4 rings (SSSR count). The smallest absolute Gasteiger partial charge is 0.318 e. The van der Waals surface area contributed by atoms with Gasteiger partial charge in [0.25, 0.3) is 5.91 Å². The molecule has 33 heavy (non-hydrogen) atoms. The molecule has 9 nitrogen and oxygen atoms in total. The van der Waals surface area contributed by atoms with Crippen molar-refractivity contribution >= 4 is 17.5 Å². The Balaban J connectivity index is 1.58. The van der Waals surface area contributed by atoms with E-state index in [1.165, 1.54) is 7.11 Å². The average Bonchev–Trinajstić information content (AvgIpc) is 3.33. The van der Waals surface area contributed by atoms with E-state index in [1.54, 1.807) is 37.6 Å². The second-order valence-electron chi connectivity index (χ2n) is 7.77. The molecule has 1 aromatic carbocycles. The molecule has 1 aliphatic carbocycles. The molecule has 2 N–H and O–H groups in total. The van der Waals surface area contributed by atoms with Crippen LogP contribution < -0.4 is 10.1 Å². The van der Waals surface area contributed by atoms with Gasteiger partial charge in [-0.15, -0.1) is 0 Å². The van der Waals surface area contributed by atoms with Crippen molar-refractivity contribution in [3.8, 4) is 34.7 Å². The predicted molar refractivity (Wildman–Crippen MR) is 122 cm³/mol. The number of amides is 1. The minimum atomic E-state index is -0.753. The van der Waals surface area contributed by atoms with Gasteiger partial charge in [0.2, 0.25) is 5.88 Å². The third-order valence-electron chi connectivity index (χ3n) is 5.77. The number of benzene rings is 1. The summed E-state index contributed by atoms with van der Waals surface area (Å²) in [5, 5.41) is 13.5. The van der Waals surface area contributed by atoms with Gasteiger partial charge < -0.3 is 19.9 Å². The van der Waals surface area contributed by atoms with Crippen molar-refractivity contribution in [2.75, 3.05) is 14.2 Å². The first-order valence-electron chi connectivity index (χ1n) is 10.5. The molecule has 0 bridgehead atoms. The van der Waals surface area contributed by atoms with Crippen LogP contribution in [0.5, 0.6) is 11.9 Å². The lowest BCUT2D eigenvalue weighted by Gasteiger charge is -2.26. The van der Waals surface area contributed by atoms with Crippen LogP contribution >= 0.6 is 11.6 Å². The molecule has 1 aliphatic rings. The van der Waals surface area contributed by atoms with Gasteiger partial charge in [-0.3, -0.25) is 4.79 Å². The highest BCUT2D eigenvalue weighted by Crippen LogP contribution is 2.33. The Hall–Kier alpha value is -3.30. The highest BCUT2D eigenvalue weighted by molar-refractivity contribution is 6.33. The van der Waals surface area contributed by atoms with Crippen molar-refractivity contribution in [2.24, 2.45) is 0 Å². The fourth-order valence-electron chi connectivity index (χ4n) is 3.91. The van der Waals surface area contributed by atoms with Crippen molar-refractivity contribution in [2.45, 2.75) is 37.8 Å². The summed E-state index contributed by atoms with van der Waals surface area (Å²) in [6.07, 6.45) is 4.92. The van der Waals surface area contributed by atoms with Gasteiger partial charge in [0.1, 0.15) is 5.60 Å². The van der Waals surface area contributed by atoms with Crippen LogP contribution in [0, 0.1) is 0 Å². The topological polar surface area (TPSA) is 119 Å². The molecule has 1 saturated carbocycles. The number of nitrogens with one attached hydrogen (secondary N) is 1. The van der Waals surface area contributed by atoms with Gasteiger partial charge in [-0.1, -0.05) is 17.7 Å². The molecular weight excluding hydrogens is 446 g/mol. The molecule has 172 valence electrons. The first-order valence-corrected chi connectivity index (χ1v) is 10.9. The summed E-state index contributed by atoms with van der Waals surface area (Å²) in [7, 11) is 3.10. The minimum absolute atomic E-state index is 0.119. The molecule has 0 saturated heterocycles. The summed E-state index contributed by atoms with van der Waals surface area (Å²) < 4.78 is 10.6. The number of hydrogen-bond acceptors (Lipinski definition) is 8. The summed E-state index contributed by atoms with van der Waals surface area (Å²) in [5.74, 6) is 0.773. The van der Waals surface area contributed by atoms with E-state index in [4.69, 9.17) is 21.1 Å². The van der Waals surface area contributed by atoms with E-state index in [0.29, 0.717) is 41.4 Å². The monoisotopic (exact) mass is 469 g/mol. The maximum Gasteiger partial charge on any atom is 0.318 e. The number of carbonyl (C=O) groups is 1. The number of rotatable bonds is 7. The third-order valence-corrected chi connectivity index (χ3v) is 6.10. The Morgan fingerprint density at radius 2 is 1.88 bits per heavy atom. The van der Waals surface area contributed by atoms with Crippen LogP contribution in [0.15, 0.2) is 36.5 Å². The molecule has 0 atom stereocenters. The molecular formula is C23H24ClN5O4. The molecule has 0 unspecified atom stereocenters. The summed E-state index contributed by atoms with van der Waals surface area (Å²) in [4.78, 5) is 29.4.